The van der Waals surface area contributed by atoms with Crippen LogP contribution in [0.1, 0.15) is 0 Å². The SMILES string of the molecule is Oc1ccc(-c2c(-c3ccc(-c4ccc(-c5c(-c6ccc(O)cc6)c(-c6ccccc6)c6c7ccccc7c7ccccc7c6c5-c5ccccc5)cc4)cc3)c(-c3ccccc3)c3c4ccccc4c4ccccc4c3c2-c2ccccc2)cc1. The van der Waals surface area contributed by atoms with E-state index in [2.05, 4.69) is 291 Å². The minimum Gasteiger partial charge on any atom is -0.508 e. The van der Waals surface area contributed by atoms with Crippen LogP contribution in [0.15, 0.2) is 315 Å². The van der Waals surface area contributed by atoms with Crippen molar-refractivity contribution >= 4 is 64.6 Å². The molecular formula is C84H54O2. The van der Waals surface area contributed by atoms with E-state index < -0.39 is 0 Å². The van der Waals surface area contributed by atoms with Gasteiger partial charge in [-0.15, -0.1) is 0 Å². The van der Waals surface area contributed by atoms with Gasteiger partial charge in [-0.25, -0.2) is 0 Å². The van der Waals surface area contributed by atoms with Gasteiger partial charge in [0.2, 0.25) is 0 Å². The van der Waals surface area contributed by atoms with Gasteiger partial charge in [0, 0.05) is 0 Å². The predicted octanol–water partition coefficient (Wildman–Crippen LogP) is 23.0. The quantitative estimate of drug-likeness (QED) is 0.141. The van der Waals surface area contributed by atoms with Gasteiger partial charge in [-0.2, -0.15) is 0 Å². The Morgan fingerprint density at radius 2 is 0.291 bits per heavy atom. The van der Waals surface area contributed by atoms with E-state index in [9.17, 15) is 10.2 Å². The van der Waals surface area contributed by atoms with E-state index in [0.29, 0.717) is 0 Å². The van der Waals surface area contributed by atoms with Crippen LogP contribution < -0.4 is 0 Å². The standard InChI is InChI=1S/C84H54O2/c85-63-49-45-61(46-50-63)75-73(77(55-21-5-1-6-22-55)81-69-33-17-13-29-65(69)67-31-15-19-35-71(67)83(81)79(75)57-25-9-3-10-26-57)59-41-37-53(38-42-59)54-39-43-60(44-40-54)74-76(62-47-51-64(86)52-48-62)80(58-27-11-4-12-28-58)84-72-36-20-16-32-68(72)66-30-14-18-34-70(66)82(84)78(74)56-23-7-2-8-24-56/h1-52,85-86H. The molecule has 16 rings (SSSR count). The minimum absolute atomic E-state index is 0.222. The Morgan fingerprint density at radius 3 is 0.512 bits per heavy atom. The average Bonchev–Trinajstić information content (AvgIpc) is 0.746. The number of aromatic hydroxyl groups is 2. The Labute approximate surface area is 499 Å². The van der Waals surface area contributed by atoms with Crippen LogP contribution in [0.2, 0.25) is 0 Å². The molecule has 402 valence electrons. The second-order valence-electron chi connectivity index (χ2n) is 22.4. The van der Waals surface area contributed by atoms with Crippen LogP contribution in [-0.2, 0) is 0 Å². The first kappa shape index (κ1) is 50.4. The maximum atomic E-state index is 10.9. The Bertz CT molecular complexity index is 4930. The number of rotatable bonds is 9. The summed E-state index contributed by atoms with van der Waals surface area (Å²) in [5.41, 5.74) is 19.9. The lowest BCUT2D eigenvalue weighted by atomic mass is 9.76. The lowest BCUT2D eigenvalue weighted by Crippen LogP contribution is -1.99. The molecule has 86 heavy (non-hydrogen) atoms. The molecule has 16 aromatic carbocycles. The van der Waals surface area contributed by atoms with E-state index in [1.165, 1.54) is 64.6 Å². The van der Waals surface area contributed by atoms with Crippen LogP contribution >= 0.6 is 0 Å². The average molecular weight is 1100 g/mol. The van der Waals surface area contributed by atoms with Crippen LogP contribution in [0.5, 0.6) is 11.5 Å². The predicted molar refractivity (Wildman–Crippen MR) is 364 cm³/mol. The number of phenolic OH excluding ortho intramolecular Hbond substituents is 2. The van der Waals surface area contributed by atoms with Crippen LogP contribution in [-0.4, -0.2) is 10.2 Å². The van der Waals surface area contributed by atoms with Gasteiger partial charge in [-0.3, -0.25) is 0 Å². The highest BCUT2D eigenvalue weighted by molar-refractivity contribution is 6.37. The zero-order chi connectivity index (χ0) is 57.2. The first-order valence-corrected chi connectivity index (χ1v) is 29.4. The summed E-state index contributed by atoms with van der Waals surface area (Å²) in [6, 6.07) is 113. The van der Waals surface area contributed by atoms with E-state index >= 15 is 0 Å². The fourth-order valence-electron chi connectivity index (χ4n) is 14.0. The van der Waals surface area contributed by atoms with Gasteiger partial charge in [0.25, 0.3) is 0 Å². The van der Waals surface area contributed by atoms with Gasteiger partial charge in [0.15, 0.2) is 0 Å². The maximum Gasteiger partial charge on any atom is 0.115 e. The minimum atomic E-state index is 0.222. The molecule has 0 spiro atoms. The van der Waals surface area contributed by atoms with Gasteiger partial charge in [-0.05, 0) is 189 Å². The van der Waals surface area contributed by atoms with Crippen LogP contribution in [0.4, 0.5) is 0 Å². The molecule has 2 nitrogen and oxygen atoms in total. The Kier molecular flexibility index (Phi) is 12.2. The van der Waals surface area contributed by atoms with Crippen LogP contribution in [0.3, 0.4) is 0 Å². The molecule has 0 aliphatic heterocycles. The summed E-state index contributed by atoms with van der Waals surface area (Å²) in [7, 11) is 0. The van der Waals surface area contributed by atoms with Crippen molar-refractivity contribution in [1.82, 2.24) is 0 Å². The lowest BCUT2D eigenvalue weighted by molar-refractivity contribution is 0.475. The van der Waals surface area contributed by atoms with Crippen molar-refractivity contribution in [3.8, 4) is 112 Å². The zero-order valence-corrected chi connectivity index (χ0v) is 46.9. The normalized spacial score (nSPS) is 11.6. The third-order valence-corrected chi connectivity index (χ3v) is 17.6. The topological polar surface area (TPSA) is 40.5 Å². The fourth-order valence-corrected chi connectivity index (χ4v) is 14.0. The Morgan fingerprint density at radius 1 is 0.128 bits per heavy atom. The molecule has 2 N–H and O–H groups in total. The summed E-state index contributed by atoms with van der Waals surface area (Å²) in [5, 5.41) is 36.1. The fraction of sp³-hybridized carbons (Fsp3) is 0. The number of benzene rings is 16. The van der Waals surface area contributed by atoms with E-state index in [1.807, 2.05) is 24.3 Å². The molecule has 0 atom stereocenters. The number of hydrogen-bond donors (Lipinski definition) is 2. The van der Waals surface area contributed by atoms with Crippen LogP contribution in [0, 0.1) is 0 Å². The van der Waals surface area contributed by atoms with Crippen molar-refractivity contribution in [3.63, 3.8) is 0 Å². The highest BCUT2D eigenvalue weighted by Crippen LogP contribution is 2.57. The molecule has 0 amide bonds. The number of hydrogen-bond acceptors (Lipinski definition) is 2. The number of fused-ring (bicyclic) bond motifs is 12. The summed E-state index contributed by atoms with van der Waals surface area (Å²) in [6.07, 6.45) is 0. The largest absolute Gasteiger partial charge is 0.508 e. The summed E-state index contributed by atoms with van der Waals surface area (Å²) >= 11 is 0. The summed E-state index contributed by atoms with van der Waals surface area (Å²) in [5.74, 6) is 0.444. The van der Waals surface area contributed by atoms with Crippen molar-refractivity contribution < 1.29 is 10.2 Å². The van der Waals surface area contributed by atoms with Gasteiger partial charge in [0.1, 0.15) is 11.5 Å². The van der Waals surface area contributed by atoms with Crippen molar-refractivity contribution in [3.05, 3.63) is 315 Å². The number of phenols is 2. The molecule has 16 aromatic rings. The molecule has 2 heteroatoms. The molecule has 0 saturated heterocycles. The third kappa shape index (κ3) is 8.26. The van der Waals surface area contributed by atoms with Gasteiger partial charge < -0.3 is 10.2 Å². The molecule has 0 aliphatic carbocycles. The van der Waals surface area contributed by atoms with Crippen LogP contribution in [0.25, 0.3) is 165 Å². The summed E-state index contributed by atoms with van der Waals surface area (Å²) < 4.78 is 0. The van der Waals surface area contributed by atoms with E-state index in [-0.39, 0.29) is 11.5 Å². The zero-order valence-electron chi connectivity index (χ0n) is 46.9. The molecule has 0 aromatic heterocycles. The highest BCUT2D eigenvalue weighted by Gasteiger charge is 2.29. The summed E-state index contributed by atoms with van der Waals surface area (Å²) in [4.78, 5) is 0. The van der Waals surface area contributed by atoms with Crippen molar-refractivity contribution in [1.29, 1.82) is 0 Å². The second-order valence-corrected chi connectivity index (χ2v) is 22.4. The molecular weight excluding hydrogens is 1040 g/mol. The lowest BCUT2D eigenvalue weighted by Gasteiger charge is -2.26. The van der Waals surface area contributed by atoms with Crippen molar-refractivity contribution in [2.24, 2.45) is 0 Å². The van der Waals surface area contributed by atoms with Crippen molar-refractivity contribution in [2.75, 3.05) is 0 Å². The van der Waals surface area contributed by atoms with E-state index in [1.54, 1.807) is 0 Å². The molecule has 0 saturated carbocycles. The maximum absolute atomic E-state index is 10.9. The molecule has 0 aliphatic rings. The Hall–Kier alpha value is -11.3. The summed E-state index contributed by atoms with van der Waals surface area (Å²) in [6.45, 7) is 0. The molecule has 0 unspecified atom stereocenters. The van der Waals surface area contributed by atoms with Gasteiger partial charge >= 0.3 is 0 Å². The van der Waals surface area contributed by atoms with Gasteiger partial charge in [-0.1, -0.05) is 291 Å². The van der Waals surface area contributed by atoms with E-state index in [0.717, 1.165) is 100 Å². The first-order chi connectivity index (χ1) is 42.6. The van der Waals surface area contributed by atoms with Gasteiger partial charge in [0.05, 0.1) is 0 Å². The second kappa shape index (κ2) is 20.8. The molecule has 0 bridgehead atoms. The molecule has 0 radical (unpaired) electrons. The van der Waals surface area contributed by atoms with Crippen molar-refractivity contribution in [2.45, 2.75) is 0 Å². The Balaban J connectivity index is 0.959. The smallest absolute Gasteiger partial charge is 0.115 e. The molecule has 0 heterocycles. The molecule has 0 fully saturated rings. The van der Waals surface area contributed by atoms with E-state index in [4.69, 9.17) is 0 Å². The first-order valence-electron chi connectivity index (χ1n) is 29.4. The highest BCUT2D eigenvalue weighted by atomic mass is 16.3. The third-order valence-electron chi connectivity index (χ3n) is 17.6. The monoisotopic (exact) mass is 1090 g/mol.